The van der Waals surface area contributed by atoms with Crippen LogP contribution in [0.25, 0.3) is 10.2 Å². The molecule has 0 bridgehead atoms. The van der Waals surface area contributed by atoms with E-state index in [-0.39, 0.29) is 17.5 Å². The number of aromatic nitrogens is 3. The van der Waals surface area contributed by atoms with Crippen molar-refractivity contribution >= 4 is 32.6 Å². The molecule has 0 saturated heterocycles. The van der Waals surface area contributed by atoms with Gasteiger partial charge in [-0.15, -0.1) is 0 Å². The Morgan fingerprint density at radius 3 is 2.83 bits per heavy atom. The van der Waals surface area contributed by atoms with Crippen LogP contribution in [-0.2, 0) is 17.6 Å². The van der Waals surface area contributed by atoms with Gasteiger partial charge in [0, 0.05) is 25.3 Å². The van der Waals surface area contributed by atoms with Crippen molar-refractivity contribution in [3.8, 4) is 0 Å². The molecule has 0 aliphatic rings. The molecule has 126 valence electrons. The predicted octanol–water partition coefficient (Wildman–Crippen LogP) is 3.48. The van der Waals surface area contributed by atoms with Crippen LogP contribution in [0.5, 0.6) is 0 Å². The van der Waals surface area contributed by atoms with Gasteiger partial charge < -0.3 is 9.84 Å². The number of rotatable bonds is 6. The first-order valence-corrected chi connectivity index (χ1v) is 8.23. The number of nitrogens with one attached hydrogen (secondary N) is 1. The lowest BCUT2D eigenvalue weighted by Gasteiger charge is -1.98. The highest BCUT2D eigenvalue weighted by Gasteiger charge is 2.13. The van der Waals surface area contributed by atoms with E-state index < -0.39 is 11.6 Å². The summed E-state index contributed by atoms with van der Waals surface area (Å²) >= 11 is 1.08. The summed E-state index contributed by atoms with van der Waals surface area (Å²) < 4.78 is 31.9. The number of hydrogen-bond donors (Lipinski definition) is 1. The van der Waals surface area contributed by atoms with Crippen LogP contribution in [0.15, 0.2) is 16.7 Å². The fourth-order valence-electron chi connectivity index (χ4n) is 2.10. The summed E-state index contributed by atoms with van der Waals surface area (Å²) in [6.45, 7) is 2.01. The minimum absolute atomic E-state index is 0.145. The summed E-state index contributed by atoms with van der Waals surface area (Å²) in [6.07, 6.45) is 2.11. The van der Waals surface area contributed by atoms with Crippen LogP contribution in [0.4, 0.5) is 13.9 Å². The molecule has 1 aromatic carbocycles. The largest absolute Gasteiger partial charge is 0.339 e. The zero-order valence-electron chi connectivity index (χ0n) is 12.8. The highest BCUT2D eigenvalue weighted by atomic mass is 32.1. The summed E-state index contributed by atoms with van der Waals surface area (Å²) in [5.41, 5.74) is 0.301. The van der Waals surface area contributed by atoms with Crippen molar-refractivity contribution in [3.63, 3.8) is 0 Å². The number of aryl methyl sites for hydroxylation is 2. The van der Waals surface area contributed by atoms with Gasteiger partial charge in [0.15, 0.2) is 22.6 Å². The number of nitrogens with zero attached hydrogens (tertiary/aromatic N) is 3. The molecule has 0 atom stereocenters. The molecule has 3 rings (SSSR count). The summed E-state index contributed by atoms with van der Waals surface area (Å²) in [6, 6.07) is 2.07. The molecule has 2 heterocycles. The number of hydrogen-bond acceptors (Lipinski definition) is 6. The van der Waals surface area contributed by atoms with Gasteiger partial charge in [0.1, 0.15) is 0 Å². The second-order valence-corrected chi connectivity index (χ2v) is 6.19. The molecule has 9 heteroatoms. The fourth-order valence-corrected chi connectivity index (χ4v) is 2.98. The van der Waals surface area contributed by atoms with Gasteiger partial charge in [0.25, 0.3) is 0 Å². The van der Waals surface area contributed by atoms with Crippen LogP contribution in [0.2, 0.25) is 0 Å². The maximum atomic E-state index is 13.2. The van der Waals surface area contributed by atoms with Gasteiger partial charge in [0.05, 0.1) is 10.2 Å². The smallest absolute Gasteiger partial charge is 0.227 e. The number of fused-ring (bicyclic) bond motifs is 1. The Bertz CT molecular complexity index is 839. The average molecular weight is 352 g/mol. The van der Waals surface area contributed by atoms with E-state index >= 15 is 0 Å². The van der Waals surface area contributed by atoms with Crippen LogP contribution >= 0.6 is 11.3 Å². The molecule has 0 saturated carbocycles. The van der Waals surface area contributed by atoms with E-state index in [1.54, 1.807) is 0 Å². The van der Waals surface area contributed by atoms with Crippen molar-refractivity contribution in [1.29, 1.82) is 0 Å². The third-order valence-corrected chi connectivity index (χ3v) is 4.16. The van der Waals surface area contributed by atoms with Crippen molar-refractivity contribution in [2.45, 2.75) is 32.6 Å². The Morgan fingerprint density at radius 2 is 2.04 bits per heavy atom. The van der Waals surface area contributed by atoms with E-state index in [2.05, 4.69) is 20.4 Å². The molecule has 1 N–H and O–H groups in total. The SMILES string of the molecule is CCCc1noc(CCC(=O)Nc2nc3cc(F)c(F)cc3s2)n1. The zero-order chi connectivity index (χ0) is 17.1. The van der Waals surface area contributed by atoms with Gasteiger partial charge in [-0.2, -0.15) is 4.98 Å². The zero-order valence-corrected chi connectivity index (χ0v) is 13.6. The fraction of sp³-hybridized carbons (Fsp3) is 0.333. The minimum Gasteiger partial charge on any atom is -0.339 e. The lowest BCUT2D eigenvalue weighted by atomic mass is 10.3. The standard InChI is InChI=1S/C15H14F2N4O2S/c1-2-3-12-19-14(23-21-12)5-4-13(22)20-15-18-10-6-8(16)9(17)7-11(10)24-15/h6-7H,2-5H2,1H3,(H,18,20,22). The van der Waals surface area contributed by atoms with Crippen LogP contribution in [0, 0.1) is 11.6 Å². The Morgan fingerprint density at radius 1 is 1.25 bits per heavy atom. The summed E-state index contributed by atoms with van der Waals surface area (Å²) in [5, 5.41) is 6.71. The molecule has 0 aliphatic heterocycles. The maximum absolute atomic E-state index is 13.2. The molecular formula is C15H14F2N4O2S. The van der Waals surface area contributed by atoms with Crippen molar-refractivity contribution in [1.82, 2.24) is 15.1 Å². The molecular weight excluding hydrogens is 338 g/mol. The Labute approximate surface area is 139 Å². The number of carbonyl (C=O) groups excluding carboxylic acids is 1. The van der Waals surface area contributed by atoms with Gasteiger partial charge in [-0.05, 0) is 12.5 Å². The number of anilines is 1. The number of carbonyl (C=O) groups is 1. The summed E-state index contributed by atoms with van der Waals surface area (Å²) in [5.74, 6) is -1.16. The maximum Gasteiger partial charge on any atom is 0.227 e. The normalized spacial score (nSPS) is 11.1. The van der Waals surface area contributed by atoms with Crippen LogP contribution in [0.3, 0.4) is 0 Å². The van der Waals surface area contributed by atoms with E-state index in [9.17, 15) is 13.6 Å². The number of thiazole rings is 1. The van der Waals surface area contributed by atoms with Gasteiger partial charge in [-0.1, -0.05) is 23.4 Å². The van der Waals surface area contributed by atoms with E-state index in [1.807, 2.05) is 6.92 Å². The van der Waals surface area contributed by atoms with Gasteiger partial charge in [0.2, 0.25) is 11.8 Å². The Balaban J connectivity index is 1.60. The van der Waals surface area contributed by atoms with Gasteiger partial charge in [-0.25, -0.2) is 13.8 Å². The quantitative estimate of drug-likeness (QED) is 0.734. The lowest BCUT2D eigenvalue weighted by molar-refractivity contribution is -0.116. The minimum atomic E-state index is -0.968. The summed E-state index contributed by atoms with van der Waals surface area (Å²) in [7, 11) is 0. The molecule has 0 spiro atoms. The molecule has 2 aromatic heterocycles. The monoisotopic (exact) mass is 352 g/mol. The van der Waals surface area contributed by atoms with E-state index in [0.717, 1.165) is 36.3 Å². The average Bonchev–Trinajstić information content (AvgIpc) is 3.13. The molecule has 0 unspecified atom stereocenters. The molecule has 0 radical (unpaired) electrons. The highest BCUT2D eigenvalue weighted by molar-refractivity contribution is 7.22. The Hall–Kier alpha value is -2.42. The number of amides is 1. The number of halogens is 2. The van der Waals surface area contributed by atoms with Gasteiger partial charge >= 0.3 is 0 Å². The predicted molar refractivity (Wildman–Crippen MR) is 84.8 cm³/mol. The van der Waals surface area contributed by atoms with Crippen LogP contribution in [-0.4, -0.2) is 21.0 Å². The molecule has 1 amide bonds. The Kier molecular flexibility index (Phi) is 4.79. The molecule has 6 nitrogen and oxygen atoms in total. The second-order valence-electron chi connectivity index (χ2n) is 5.16. The van der Waals surface area contributed by atoms with Crippen molar-refractivity contribution in [3.05, 3.63) is 35.5 Å². The topological polar surface area (TPSA) is 80.9 Å². The summed E-state index contributed by atoms with van der Waals surface area (Å²) in [4.78, 5) is 20.2. The van der Waals surface area contributed by atoms with Crippen molar-refractivity contribution < 1.29 is 18.1 Å². The third kappa shape index (κ3) is 3.73. The molecule has 0 aliphatic carbocycles. The first-order chi connectivity index (χ1) is 11.5. The highest BCUT2D eigenvalue weighted by Crippen LogP contribution is 2.27. The van der Waals surface area contributed by atoms with Crippen LogP contribution in [0.1, 0.15) is 31.5 Å². The molecule has 24 heavy (non-hydrogen) atoms. The van der Waals surface area contributed by atoms with E-state index in [0.29, 0.717) is 28.4 Å². The van der Waals surface area contributed by atoms with Crippen molar-refractivity contribution in [2.24, 2.45) is 0 Å². The van der Waals surface area contributed by atoms with E-state index in [4.69, 9.17) is 4.52 Å². The molecule has 0 fully saturated rings. The lowest BCUT2D eigenvalue weighted by Crippen LogP contribution is -2.12. The first kappa shape index (κ1) is 16.4. The third-order valence-electron chi connectivity index (χ3n) is 3.23. The van der Waals surface area contributed by atoms with E-state index in [1.165, 1.54) is 0 Å². The number of benzene rings is 1. The second kappa shape index (κ2) is 7.00. The first-order valence-electron chi connectivity index (χ1n) is 7.42. The van der Waals surface area contributed by atoms with Crippen molar-refractivity contribution in [2.75, 3.05) is 5.32 Å². The van der Waals surface area contributed by atoms with Gasteiger partial charge in [-0.3, -0.25) is 4.79 Å². The van der Waals surface area contributed by atoms with Crippen LogP contribution < -0.4 is 5.32 Å². The molecule has 3 aromatic rings.